The maximum absolute atomic E-state index is 12.9. The number of carbonyl (C=O) groups is 2. The molecule has 6 N–H and O–H groups in total. The Morgan fingerprint density at radius 2 is 1.63 bits per heavy atom. The number of carboxylic acids is 1. The molecule has 0 bridgehead atoms. The van der Waals surface area contributed by atoms with Crippen molar-refractivity contribution < 1.29 is 47.0 Å². The number of nitrogens with zero attached hydrogens (tertiary/aromatic N) is 5. The van der Waals surface area contributed by atoms with Gasteiger partial charge in [-0.1, -0.05) is 11.6 Å². The van der Waals surface area contributed by atoms with Gasteiger partial charge in [0.25, 0.3) is 5.56 Å². The van der Waals surface area contributed by atoms with Gasteiger partial charge in [0.15, 0.2) is 0 Å². The Bertz CT molecular complexity index is 1850. The summed E-state index contributed by atoms with van der Waals surface area (Å²) in [6, 6.07) is 3.91. The van der Waals surface area contributed by atoms with Crippen molar-refractivity contribution in [3.63, 3.8) is 0 Å². The summed E-state index contributed by atoms with van der Waals surface area (Å²) in [7, 11) is -3.20. The second-order valence-electron chi connectivity index (χ2n) is 11.5. The van der Waals surface area contributed by atoms with E-state index in [4.69, 9.17) is 42.8 Å². The topological polar surface area (TPSA) is 240 Å². The molecule has 0 spiro atoms. The number of anilines is 2. The van der Waals surface area contributed by atoms with Crippen LogP contribution in [0, 0.1) is 0 Å². The number of carbonyl (C=O) groups excluding carboxylic acids is 1. The third-order valence-corrected chi connectivity index (χ3v) is 6.54. The first-order valence-electron chi connectivity index (χ1n) is 14.6. The second kappa shape index (κ2) is 19.0. The molecule has 3 rings (SSSR count). The number of aliphatic carboxylic acids is 1. The van der Waals surface area contributed by atoms with E-state index in [1.165, 1.54) is 12.1 Å². The van der Waals surface area contributed by atoms with Crippen LogP contribution in [0.25, 0.3) is 5.69 Å². The van der Waals surface area contributed by atoms with Crippen LogP contribution in [0.1, 0.15) is 57.6 Å². The molecule has 0 saturated carbocycles. The number of benzene rings is 1. The Morgan fingerprint density at radius 1 is 1.04 bits per heavy atom. The van der Waals surface area contributed by atoms with Crippen molar-refractivity contribution in [3.05, 3.63) is 66.7 Å². The largest absolute Gasteiger partial charge is 0.480 e. The second-order valence-corrected chi connectivity index (χ2v) is 13.9. The zero-order valence-corrected chi connectivity index (χ0v) is 30.8. The first kappa shape index (κ1) is 45.0. The highest BCUT2D eigenvalue weighted by molar-refractivity contribution is 7.51. The molecule has 2 aromatic heterocycles. The Labute approximate surface area is 299 Å². The van der Waals surface area contributed by atoms with Crippen molar-refractivity contribution in [2.45, 2.75) is 59.4 Å². The van der Waals surface area contributed by atoms with E-state index in [0.717, 1.165) is 19.7 Å². The van der Waals surface area contributed by atoms with Gasteiger partial charge in [-0.2, -0.15) is 28.1 Å². The standard InChI is InChI=1S/C16H14ClF3N2O4.C9H16ClN5.C3H8NO5P/c1-8(2)26-14(24)10-6-9(4-5-11(10)17)22-13(23)7-12(16(18,19)20)21(3)15(22)25;1-5-11-7-12-6(10)13-8(14-7)15-9(2,3)4;5-3(6)1-4-2-10(7,8)9/h4-8H,1-3H3;5H2,1-4H3,(H2,11,12,13,14,15);4H,1-2H2,(H,5,6)(H2,7,8,9). The van der Waals surface area contributed by atoms with Crippen LogP contribution in [0.5, 0.6) is 0 Å². The van der Waals surface area contributed by atoms with E-state index in [2.05, 4.69) is 30.9 Å². The lowest BCUT2D eigenvalue weighted by molar-refractivity contribution is -0.144. The number of alkyl halides is 3. The molecule has 0 radical (unpaired) electrons. The van der Waals surface area contributed by atoms with Crippen molar-refractivity contribution in [2.24, 2.45) is 7.05 Å². The van der Waals surface area contributed by atoms with Crippen LogP contribution in [-0.2, 0) is 27.3 Å². The Kier molecular flexibility index (Phi) is 16.7. The molecule has 284 valence electrons. The summed E-state index contributed by atoms with van der Waals surface area (Å²) in [5.74, 6) is -0.959. The van der Waals surface area contributed by atoms with Crippen LogP contribution in [-0.4, -0.2) is 81.9 Å². The number of hydrogen-bond donors (Lipinski definition) is 6. The van der Waals surface area contributed by atoms with Gasteiger partial charge in [0.2, 0.25) is 17.2 Å². The zero-order chi connectivity index (χ0) is 39.5. The molecule has 3 aromatic rings. The predicted molar refractivity (Wildman–Crippen MR) is 183 cm³/mol. The number of esters is 1. The highest BCUT2D eigenvalue weighted by Crippen LogP contribution is 2.31. The van der Waals surface area contributed by atoms with Crippen molar-refractivity contribution >= 4 is 54.6 Å². The third-order valence-electron chi connectivity index (χ3n) is 5.41. The zero-order valence-electron chi connectivity index (χ0n) is 28.4. The SMILES string of the molecule is CC(C)OC(=O)c1cc(-n2c(=O)cc(C(F)(F)F)n(C)c2=O)ccc1Cl.CCNc1nc(Cl)nc(NC(C)(C)C)n1.O=C(O)CNCP(=O)(O)O. The number of hydrogen-bond acceptors (Lipinski definition) is 12. The van der Waals surface area contributed by atoms with Crippen LogP contribution < -0.4 is 27.2 Å². The van der Waals surface area contributed by atoms with Gasteiger partial charge < -0.3 is 30.3 Å². The highest BCUT2D eigenvalue weighted by atomic mass is 35.5. The fourth-order valence-electron chi connectivity index (χ4n) is 3.51. The summed E-state index contributed by atoms with van der Waals surface area (Å²) in [5.41, 5.74) is -4.11. The molecular formula is C28H38Cl2F3N8O9P. The van der Waals surface area contributed by atoms with Crippen LogP contribution in [0.2, 0.25) is 10.3 Å². The van der Waals surface area contributed by atoms with E-state index in [-0.39, 0.29) is 27.1 Å². The fraction of sp³-hybridized carbons (Fsp3) is 0.464. The minimum atomic E-state index is -4.86. The summed E-state index contributed by atoms with van der Waals surface area (Å²) in [4.78, 5) is 74.7. The third kappa shape index (κ3) is 16.2. The monoisotopic (exact) mass is 788 g/mol. The Balaban J connectivity index is 0.000000438. The molecule has 0 atom stereocenters. The molecule has 23 heteroatoms. The number of halogens is 5. The molecule has 0 fully saturated rings. The first-order valence-corrected chi connectivity index (χ1v) is 17.1. The van der Waals surface area contributed by atoms with Crippen LogP contribution in [0.4, 0.5) is 25.1 Å². The van der Waals surface area contributed by atoms with E-state index in [9.17, 15) is 36.9 Å². The van der Waals surface area contributed by atoms with Crippen LogP contribution in [0.15, 0.2) is 33.9 Å². The molecule has 0 aliphatic rings. The van der Waals surface area contributed by atoms with Gasteiger partial charge in [-0.25, -0.2) is 14.2 Å². The van der Waals surface area contributed by atoms with Gasteiger partial charge in [0, 0.05) is 25.2 Å². The van der Waals surface area contributed by atoms with E-state index in [1.54, 1.807) is 13.8 Å². The molecular weight excluding hydrogens is 751 g/mol. The average molecular weight is 790 g/mol. The maximum atomic E-state index is 12.9. The molecule has 2 heterocycles. The summed E-state index contributed by atoms with van der Waals surface area (Å²) in [6.45, 7) is 11.6. The van der Waals surface area contributed by atoms with E-state index < -0.39 is 61.6 Å². The molecule has 0 aliphatic heterocycles. The Hall–Kier alpha value is -4.07. The molecule has 0 unspecified atom stereocenters. The fourth-order valence-corrected chi connectivity index (χ4v) is 4.27. The van der Waals surface area contributed by atoms with E-state index >= 15 is 0 Å². The van der Waals surface area contributed by atoms with Crippen molar-refractivity contribution in [2.75, 3.05) is 30.0 Å². The van der Waals surface area contributed by atoms with Gasteiger partial charge in [0.05, 0.1) is 35.2 Å². The smallest absolute Gasteiger partial charge is 0.431 e. The summed E-state index contributed by atoms with van der Waals surface area (Å²) in [6.07, 6.45) is -5.90. The molecule has 0 amide bonds. The molecule has 0 saturated heterocycles. The number of rotatable bonds is 10. The number of nitrogens with one attached hydrogen (secondary N) is 3. The summed E-state index contributed by atoms with van der Waals surface area (Å²) < 4.78 is 54.6. The average Bonchev–Trinajstić information content (AvgIpc) is 2.93. The van der Waals surface area contributed by atoms with Gasteiger partial charge >= 0.3 is 31.4 Å². The molecule has 17 nitrogen and oxygen atoms in total. The van der Waals surface area contributed by atoms with E-state index in [1.807, 2.05) is 27.7 Å². The van der Waals surface area contributed by atoms with Crippen molar-refractivity contribution in [3.8, 4) is 5.69 Å². The Morgan fingerprint density at radius 3 is 2.12 bits per heavy atom. The first-order chi connectivity index (χ1) is 23.2. The normalized spacial score (nSPS) is 11.5. The van der Waals surface area contributed by atoms with Gasteiger partial charge in [-0.3, -0.25) is 24.0 Å². The highest BCUT2D eigenvalue weighted by Gasteiger charge is 2.35. The number of ether oxygens (including phenoxy) is 1. The van der Waals surface area contributed by atoms with Gasteiger partial charge in [-0.05, 0) is 71.3 Å². The van der Waals surface area contributed by atoms with Crippen LogP contribution in [0.3, 0.4) is 0 Å². The number of aromatic nitrogens is 5. The quantitative estimate of drug-likeness (QED) is 0.127. The summed E-state index contributed by atoms with van der Waals surface area (Å²) in [5, 5.41) is 16.4. The van der Waals surface area contributed by atoms with Crippen LogP contribution >= 0.6 is 30.8 Å². The lowest BCUT2D eigenvalue weighted by Crippen LogP contribution is -2.40. The van der Waals surface area contributed by atoms with Gasteiger partial charge in [0.1, 0.15) is 5.69 Å². The van der Waals surface area contributed by atoms with E-state index in [0.29, 0.717) is 27.1 Å². The minimum Gasteiger partial charge on any atom is -0.480 e. The molecule has 0 aliphatic carbocycles. The van der Waals surface area contributed by atoms with Gasteiger partial charge in [-0.15, -0.1) is 0 Å². The lowest BCUT2D eigenvalue weighted by atomic mass is 10.1. The minimum absolute atomic E-state index is 0.0104. The predicted octanol–water partition coefficient (Wildman–Crippen LogP) is 3.74. The lowest BCUT2D eigenvalue weighted by Gasteiger charge is -2.20. The van der Waals surface area contributed by atoms with Crippen molar-refractivity contribution in [1.82, 2.24) is 29.4 Å². The summed E-state index contributed by atoms with van der Waals surface area (Å²) >= 11 is 11.7. The number of carboxylic acid groups (broad SMARTS) is 1. The molecule has 1 aromatic carbocycles. The molecule has 51 heavy (non-hydrogen) atoms. The maximum Gasteiger partial charge on any atom is 0.431 e. The van der Waals surface area contributed by atoms with Crippen molar-refractivity contribution in [1.29, 1.82) is 0 Å².